The van der Waals surface area contributed by atoms with Crippen LogP contribution in [0.4, 0.5) is 5.82 Å². The number of ether oxygens (including phenoxy) is 1. The number of anilines is 1. The van der Waals surface area contributed by atoms with E-state index in [0.29, 0.717) is 5.75 Å². The van der Waals surface area contributed by atoms with E-state index in [9.17, 15) is 57.9 Å². The summed E-state index contributed by atoms with van der Waals surface area (Å²) >= 11 is 1.06. The fourth-order valence-electron chi connectivity index (χ4n) is 6.10. The van der Waals surface area contributed by atoms with Crippen molar-refractivity contribution in [2.45, 2.75) is 109 Å². The van der Waals surface area contributed by atoms with Gasteiger partial charge < -0.3 is 50.9 Å². The minimum atomic E-state index is -5.58. The number of amides is 2. The van der Waals surface area contributed by atoms with Gasteiger partial charge in [0.1, 0.15) is 36.3 Å². The van der Waals surface area contributed by atoms with Crippen LogP contribution in [-0.2, 0) is 50.7 Å². The molecule has 1 aliphatic rings. The third kappa shape index (κ3) is 22.5. The maximum Gasteiger partial charge on any atom is 0.481 e. The molecule has 0 radical (unpaired) electrons. The summed E-state index contributed by atoms with van der Waals surface area (Å²) in [5.74, 6) is -1.14. The molecule has 0 saturated carbocycles. The summed E-state index contributed by atoms with van der Waals surface area (Å²) in [4.78, 5) is 88.3. The number of hydrogen-bond acceptors (Lipinski definition) is 18. The van der Waals surface area contributed by atoms with E-state index in [2.05, 4.69) is 77.8 Å². The summed E-state index contributed by atoms with van der Waals surface area (Å²) in [5.41, 5.74) is 4.26. The number of aromatic nitrogens is 4. The zero-order valence-electron chi connectivity index (χ0n) is 38.5. The van der Waals surface area contributed by atoms with Crippen LogP contribution in [0.5, 0.6) is 0 Å². The second kappa shape index (κ2) is 29.6. The number of allylic oxidation sites excluding steroid dienone is 10. The van der Waals surface area contributed by atoms with Crippen molar-refractivity contribution in [2.24, 2.45) is 5.41 Å². The lowest BCUT2D eigenvalue weighted by Crippen LogP contribution is -2.46. The van der Waals surface area contributed by atoms with Crippen molar-refractivity contribution < 1.29 is 80.5 Å². The Morgan fingerprint density at radius 3 is 2.25 bits per heavy atom. The van der Waals surface area contributed by atoms with Gasteiger partial charge in [-0.15, -0.1) is 0 Å². The predicted octanol–water partition coefficient (Wildman–Crippen LogP) is 4.59. The summed E-state index contributed by atoms with van der Waals surface area (Å²) < 4.78 is 62.4. The van der Waals surface area contributed by atoms with Crippen LogP contribution >= 0.6 is 35.2 Å². The molecule has 1 aliphatic heterocycles. The first-order valence-electron chi connectivity index (χ1n) is 21.9. The van der Waals surface area contributed by atoms with Crippen LogP contribution in [0.2, 0.25) is 0 Å². The number of rotatable bonds is 32. The molecule has 1 saturated heterocycles. The van der Waals surface area contributed by atoms with Gasteiger partial charge in [0.2, 0.25) is 11.8 Å². The van der Waals surface area contributed by atoms with Crippen molar-refractivity contribution in [1.82, 2.24) is 30.2 Å². The van der Waals surface area contributed by atoms with E-state index >= 15 is 0 Å². The van der Waals surface area contributed by atoms with E-state index in [1.54, 1.807) is 12.2 Å². The minimum absolute atomic E-state index is 0.0290. The summed E-state index contributed by atoms with van der Waals surface area (Å²) in [6, 6.07) is 0. The lowest BCUT2D eigenvalue weighted by atomic mass is 9.87. The highest BCUT2D eigenvalue weighted by atomic mass is 32.2. The van der Waals surface area contributed by atoms with Crippen LogP contribution in [-0.4, -0.2) is 123 Å². The number of aliphatic hydroxyl groups is 2. The van der Waals surface area contributed by atoms with Crippen molar-refractivity contribution in [3.63, 3.8) is 0 Å². The number of phosphoric ester groups is 3. The molecular weight excluding hydrogens is 987 g/mol. The number of nitrogens with two attached hydrogens (primary N) is 1. The number of phosphoric acid groups is 3. The molecule has 2 aromatic rings. The highest BCUT2D eigenvalue weighted by Crippen LogP contribution is 2.61. The maximum absolute atomic E-state index is 12.7. The second-order valence-electron chi connectivity index (χ2n) is 16.0. The monoisotopic (exact) mass is 1050 g/mol. The number of fused-ring (bicyclic) bond motifs is 1. The number of imidazole rings is 1. The molecule has 0 aliphatic carbocycles. The van der Waals surface area contributed by atoms with Crippen molar-refractivity contribution >= 4 is 69.1 Å². The summed E-state index contributed by atoms with van der Waals surface area (Å²) in [6.45, 7) is 2.66. The Balaban J connectivity index is 1.32. The van der Waals surface area contributed by atoms with Gasteiger partial charge in [-0.25, -0.2) is 28.6 Å². The largest absolute Gasteiger partial charge is 0.481 e. The Morgan fingerprint density at radius 2 is 1.57 bits per heavy atom. The molecular formula is C41H64N7O17P3S. The second-order valence-corrected chi connectivity index (χ2v) is 21.4. The van der Waals surface area contributed by atoms with Gasteiger partial charge in [-0.2, -0.15) is 4.31 Å². The molecule has 69 heavy (non-hydrogen) atoms. The Hall–Kier alpha value is -3.74. The molecule has 0 aromatic carbocycles. The Bertz CT molecular complexity index is 2270. The molecule has 24 nitrogen and oxygen atoms in total. The van der Waals surface area contributed by atoms with Crippen LogP contribution in [0, 0.1) is 5.41 Å². The Kier molecular flexibility index (Phi) is 25.5. The molecule has 3 heterocycles. The lowest BCUT2D eigenvalue weighted by molar-refractivity contribution is -0.137. The van der Waals surface area contributed by atoms with Crippen molar-refractivity contribution in [3.8, 4) is 0 Å². The van der Waals surface area contributed by atoms with E-state index in [-0.39, 0.29) is 48.0 Å². The fourth-order valence-corrected chi connectivity index (χ4v) is 9.58. The van der Waals surface area contributed by atoms with Crippen LogP contribution < -0.4 is 16.4 Å². The van der Waals surface area contributed by atoms with Gasteiger partial charge in [-0.3, -0.25) is 32.5 Å². The summed E-state index contributed by atoms with van der Waals surface area (Å²) in [5, 5.41) is 26.5. The van der Waals surface area contributed by atoms with Crippen LogP contribution in [0.15, 0.2) is 73.4 Å². The summed E-state index contributed by atoms with van der Waals surface area (Å²) in [7, 11) is -16.4. The SMILES string of the molecule is CCCCC/C=C/C/C=C/C/C=C/C/C=C/C=C/CC(=O)SCCNC(=O)CCNC(=O)[C@H](O)C(C)(C)COP(=O)(O)OP(=O)(O)OC[C@H]1O[C@@H](n2cnc3c(N)ncnc32)[C@H](O)[C@@H]1OP(=O)(O)O. The van der Waals surface area contributed by atoms with E-state index < -0.39 is 84.6 Å². The van der Waals surface area contributed by atoms with Crippen LogP contribution in [0.1, 0.15) is 84.8 Å². The molecule has 10 N–H and O–H groups in total. The van der Waals surface area contributed by atoms with Gasteiger partial charge in [0.15, 0.2) is 22.8 Å². The molecule has 2 aromatic heterocycles. The van der Waals surface area contributed by atoms with Gasteiger partial charge >= 0.3 is 23.5 Å². The Morgan fingerprint density at radius 1 is 0.913 bits per heavy atom. The molecule has 7 atom stereocenters. The van der Waals surface area contributed by atoms with Crippen molar-refractivity contribution in [3.05, 3.63) is 73.4 Å². The lowest BCUT2D eigenvalue weighted by Gasteiger charge is -2.30. The average Bonchev–Trinajstić information content (AvgIpc) is 3.84. The van der Waals surface area contributed by atoms with E-state index in [4.69, 9.17) is 19.5 Å². The van der Waals surface area contributed by atoms with E-state index in [0.717, 1.165) is 54.7 Å². The smallest absolute Gasteiger partial charge is 0.386 e. The quantitative estimate of drug-likeness (QED) is 0.0209. The van der Waals surface area contributed by atoms with Gasteiger partial charge in [0.05, 0.1) is 19.5 Å². The normalized spacial score (nSPS) is 20.4. The van der Waals surface area contributed by atoms with Gasteiger partial charge in [0, 0.05) is 37.1 Å². The minimum Gasteiger partial charge on any atom is -0.386 e. The first kappa shape index (κ1) is 59.6. The number of aliphatic hydroxyl groups excluding tert-OH is 2. The van der Waals surface area contributed by atoms with Gasteiger partial charge in [0.25, 0.3) is 0 Å². The van der Waals surface area contributed by atoms with E-state index in [1.165, 1.54) is 33.1 Å². The number of hydrogen-bond donors (Lipinski definition) is 9. The van der Waals surface area contributed by atoms with Gasteiger partial charge in [-0.05, 0) is 32.1 Å². The van der Waals surface area contributed by atoms with Crippen LogP contribution in [0.3, 0.4) is 0 Å². The van der Waals surface area contributed by atoms with Crippen LogP contribution in [0.25, 0.3) is 11.2 Å². The first-order valence-corrected chi connectivity index (χ1v) is 27.4. The third-order valence-electron chi connectivity index (χ3n) is 9.72. The topological polar surface area (TPSA) is 364 Å². The number of carbonyl (C=O) groups excluding carboxylic acids is 3. The van der Waals surface area contributed by atoms with Gasteiger partial charge in [-0.1, -0.05) is 106 Å². The number of nitrogens with one attached hydrogen (secondary N) is 2. The van der Waals surface area contributed by atoms with E-state index in [1.807, 2.05) is 12.2 Å². The Labute approximate surface area is 404 Å². The standard InChI is InChI=1S/C41H64N7O17P3S/c1-4-5-6-7-8-9-10-11-12-13-14-15-16-17-18-19-20-21-32(50)69-25-24-43-31(49)22-23-44-39(53)36(52)41(2,3)27-62-68(59,60)65-67(57,58)61-26-30-35(64-66(54,55)56)34(51)40(63-30)48-29-47-33-37(42)45-28-46-38(33)48/h8-9,11-12,14-15,17-20,28-30,34-36,40,51-52H,4-7,10,13,16,21-27H2,1-3H3,(H,43,49)(H,44,53)(H,57,58)(H,59,60)(H2,42,45,46)(H2,54,55,56)/b9-8+,12-11+,15-14+,18-17+,20-19+/t30-,34-,35-,36+,40-/m1/s1. The molecule has 1 fully saturated rings. The maximum atomic E-state index is 12.7. The third-order valence-corrected chi connectivity index (χ3v) is 13.7. The predicted molar refractivity (Wildman–Crippen MR) is 255 cm³/mol. The molecule has 2 unspecified atom stereocenters. The number of nitrogen functional groups attached to an aromatic ring is 1. The highest BCUT2D eigenvalue weighted by Gasteiger charge is 2.50. The molecule has 28 heteroatoms. The zero-order chi connectivity index (χ0) is 51.1. The number of thioether (sulfide) groups is 1. The highest BCUT2D eigenvalue weighted by molar-refractivity contribution is 8.13. The molecule has 3 rings (SSSR count). The molecule has 386 valence electrons. The number of nitrogens with zero attached hydrogens (tertiary/aromatic N) is 4. The number of unbranched alkanes of at least 4 members (excludes halogenated alkanes) is 3. The molecule has 2 amide bonds. The fraction of sp³-hybridized carbons (Fsp3) is 0.561. The average molecular weight is 1050 g/mol. The number of carbonyl (C=O) groups is 3. The van der Waals surface area contributed by atoms with Crippen molar-refractivity contribution in [1.29, 1.82) is 0 Å². The zero-order valence-corrected chi connectivity index (χ0v) is 42.0. The van der Waals surface area contributed by atoms with Crippen molar-refractivity contribution in [2.75, 3.05) is 37.8 Å². The molecule has 0 spiro atoms. The summed E-state index contributed by atoms with van der Waals surface area (Å²) in [6.07, 6.45) is 21.1. The first-order chi connectivity index (χ1) is 32.6. The molecule has 0 bridgehead atoms.